The molecule has 0 spiro atoms. The normalized spacial score (nSPS) is 9.29. The van der Waals surface area contributed by atoms with Gasteiger partial charge in [0.2, 0.25) is 6.29 Å². The fourth-order valence-corrected chi connectivity index (χ4v) is 0.374. The third-order valence-electron chi connectivity index (χ3n) is 1.14. The summed E-state index contributed by atoms with van der Waals surface area (Å²) in [6.07, 6.45) is -1.45. The van der Waals surface area contributed by atoms with Gasteiger partial charge in [-0.05, 0) is 6.92 Å². The first-order valence-electron chi connectivity index (χ1n) is 4.05. The van der Waals surface area contributed by atoms with Crippen LogP contribution in [0.4, 0.5) is 0 Å². The summed E-state index contributed by atoms with van der Waals surface area (Å²) < 4.78 is 0. The second-order valence-electron chi connectivity index (χ2n) is 2.47. The summed E-state index contributed by atoms with van der Waals surface area (Å²) in [5.41, 5.74) is 0. The number of ketones is 2. The number of carbonyl (C=O) groups excluding carboxylic acids is 2. The largest absolute Gasteiger partial charge is 0.396 e. The molecule has 0 aromatic carbocycles. The van der Waals surface area contributed by atoms with Crippen molar-refractivity contribution in [1.29, 1.82) is 0 Å². The zero-order chi connectivity index (χ0) is 11.6. The van der Waals surface area contributed by atoms with Gasteiger partial charge in [0.05, 0.1) is 0 Å². The Kier molecular flexibility index (Phi) is 11.5. The van der Waals surface area contributed by atoms with Gasteiger partial charge in [0.25, 0.3) is 0 Å². The van der Waals surface area contributed by atoms with Crippen molar-refractivity contribution in [3.05, 3.63) is 0 Å². The van der Waals surface area contributed by atoms with E-state index in [0.29, 0.717) is 0 Å². The van der Waals surface area contributed by atoms with Gasteiger partial charge in [0, 0.05) is 26.1 Å². The van der Waals surface area contributed by atoms with Crippen LogP contribution in [0.1, 0.15) is 19.8 Å². The summed E-state index contributed by atoms with van der Waals surface area (Å²) in [7, 11) is 0. The lowest BCUT2D eigenvalue weighted by molar-refractivity contribution is -0.142. The van der Waals surface area contributed by atoms with Gasteiger partial charge in [-0.25, -0.2) is 0 Å². The van der Waals surface area contributed by atoms with Crippen molar-refractivity contribution >= 4 is 11.6 Å². The van der Waals surface area contributed by atoms with E-state index in [2.05, 4.69) is 0 Å². The highest BCUT2D eigenvalue weighted by Gasteiger charge is 1.99. The van der Waals surface area contributed by atoms with Crippen molar-refractivity contribution in [2.24, 2.45) is 0 Å². The van der Waals surface area contributed by atoms with Crippen molar-refractivity contribution in [2.75, 3.05) is 13.2 Å². The number of hydrogen-bond donors (Lipinski definition) is 4. The molecule has 0 fully saturated rings. The van der Waals surface area contributed by atoms with Gasteiger partial charge in [0.1, 0.15) is 5.78 Å². The van der Waals surface area contributed by atoms with Gasteiger partial charge in [-0.2, -0.15) is 0 Å². The first kappa shape index (κ1) is 15.6. The molecular formula is C8H16O6. The Morgan fingerprint density at radius 2 is 1.36 bits per heavy atom. The molecule has 0 saturated carbocycles. The minimum atomic E-state index is -1.79. The summed E-state index contributed by atoms with van der Waals surface area (Å²) in [6, 6.07) is 0. The molecule has 14 heavy (non-hydrogen) atoms. The Morgan fingerprint density at radius 1 is 1.07 bits per heavy atom. The number of rotatable bonds is 5. The maximum atomic E-state index is 10.3. The predicted octanol–water partition coefficient (Wildman–Crippen LogP) is -1.79. The molecule has 0 aromatic heterocycles. The van der Waals surface area contributed by atoms with Crippen molar-refractivity contribution in [2.45, 2.75) is 26.1 Å². The third-order valence-corrected chi connectivity index (χ3v) is 1.14. The highest BCUT2D eigenvalue weighted by atomic mass is 16.5. The summed E-state index contributed by atoms with van der Waals surface area (Å²) in [5, 5.41) is 32.0. The van der Waals surface area contributed by atoms with Gasteiger partial charge in [0.15, 0.2) is 5.78 Å². The third kappa shape index (κ3) is 13.7. The molecule has 6 nitrogen and oxygen atoms in total. The van der Waals surface area contributed by atoms with E-state index < -0.39 is 12.1 Å². The Morgan fingerprint density at radius 3 is 1.50 bits per heavy atom. The van der Waals surface area contributed by atoms with E-state index in [1.807, 2.05) is 0 Å². The lowest BCUT2D eigenvalue weighted by Crippen LogP contribution is -2.14. The molecule has 0 bridgehead atoms. The van der Waals surface area contributed by atoms with Crippen molar-refractivity contribution in [3.63, 3.8) is 0 Å². The van der Waals surface area contributed by atoms with Crippen molar-refractivity contribution < 1.29 is 30.0 Å². The molecule has 0 amide bonds. The second kappa shape index (κ2) is 10.3. The Bertz CT molecular complexity index is 157. The molecule has 0 aromatic rings. The van der Waals surface area contributed by atoms with E-state index in [9.17, 15) is 9.59 Å². The molecule has 0 unspecified atom stereocenters. The molecule has 0 saturated heterocycles. The minimum Gasteiger partial charge on any atom is -0.396 e. The molecule has 0 heterocycles. The van der Waals surface area contributed by atoms with Crippen LogP contribution in [0.5, 0.6) is 0 Å². The number of Topliss-reactive ketones (excluding diaryl/α,β-unsaturated/α-hetero) is 2. The van der Waals surface area contributed by atoms with Gasteiger partial charge >= 0.3 is 0 Å². The molecule has 6 heteroatoms. The van der Waals surface area contributed by atoms with Crippen molar-refractivity contribution in [1.82, 2.24) is 0 Å². The molecular weight excluding hydrogens is 192 g/mol. The van der Waals surface area contributed by atoms with Crippen LogP contribution in [0.25, 0.3) is 0 Å². The maximum absolute atomic E-state index is 10.3. The summed E-state index contributed by atoms with van der Waals surface area (Å²) in [4.78, 5) is 20.0. The maximum Gasteiger partial charge on any atom is 0.212 e. The molecule has 0 rings (SSSR count). The van der Waals surface area contributed by atoms with Crippen LogP contribution in [-0.4, -0.2) is 51.5 Å². The Balaban J connectivity index is 0. The van der Waals surface area contributed by atoms with E-state index >= 15 is 0 Å². The standard InChI is InChI=1S/C5H10O3.C3H6O3/c6-3-1-5(8)2-4-7;1-2(4)3(5)6/h6-7H,1-4H2;3,5-6H,1H3. The van der Waals surface area contributed by atoms with E-state index in [-0.39, 0.29) is 31.8 Å². The van der Waals surface area contributed by atoms with E-state index in [0.717, 1.165) is 6.92 Å². The molecule has 4 N–H and O–H groups in total. The topological polar surface area (TPSA) is 115 Å². The average Bonchev–Trinajstić information content (AvgIpc) is 2.06. The van der Waals surface area contributed by atoms with Crippen LogP contribution in [0.15, 0.2) is 0 Å². The van der Waals surface area contributed by atoms with E-state index in [4.69, 9.17) is 20.4 Å². The highest BCUT2D eigenvalue weighted by Crippen LogP contribution is 1.85. The zero-order valence-corrected chi connectivity index (χ0v) is 8.01. The summed E-state index contributed by atoms with van der Waals surface area (Å²) >= 11 is 0. The number of hydrogen-bond acceptors (Lipinski definition) is 6. The fraction of sp³-hybridized carbons (Fsp3) is 0.750. The van der Waals surface area contributed by atoms with E-state index in [1.54, 1.807) is 0 Å². The Labute approximate surface area is 81.8 Å². The van der Waals surface area contributed by atoms with Crippen LogP contribution >= 0.6 is 0 Å². The van der Waals surface area contributed by atoms with Crippen LogP contribution in [-0.2, 0) is 9.59 Å². The summed E-state index contributed by atoms with van der Waals surface area (Å²) in [6.45, 7) is 0.877. The molecule has 0 radical (unpaired) electrons. The quantitative estimate of drug-likeness (QED) is 0.396. The zero-order valence-electron chi connectivity index (χ0n) is 8.01. The first-order chi connectivity index (χ1) is 6.45. The molecule has 0 aliphatic rings. The van der Waals surface area contributed by atoms with Gasteiger partial charge in [-0.15, -0.1) is 0 Å². The lowest BCUT2D eigenvalue weighted by atomic mass is 10.2. The number of carbonyl (C=O) groups is 2. The van der Waals surface area contributed by atoms with Gasteiger partial charge in [-0.1, -0.05) is 0 Å². The van der Waals surface area contributed by atoms with Gasteiger partial charge < -0.3 is 20.4 Å². The second-order valence-corrected chi connectivity index (χ2v) is 2.47. The SMILES string of the molecule is CC(=O)C(O)O.O=C(CCO)CCO. The molecule has 84 valence electrons. The Hall–Kier alpha value is -0.820. The minimum absolute atomic E-state index is 0.0880. The van der Waals surface area contributed by atoms with Crippen LogP contribution in [0, 0.1) is 0 Å². The van der Waals surface area contributed by atoms with Crippen LogP contribution < -0.4 is 0 Å². The van der Waals surface area contributed by atoms with Gasteiger partial charge in [-0.3, -0.25) is 9.59 Å². The smallest absolute Gasteiger partial charge is 0.212 e. The first-order valence-corrected chi connectivity index (χ1v) is 4.05. The molecule has 0 aliphatic heterocycles. The highest BCUT2D eigenvalue weighted by molar-refractivity contribution is 5.78. The number of aliphatic hydroxyl groups excluding tert-OH is 3. The predicted molar refractivity (Wildman–Crippen MR) is 47.3 cm³/mol. The lowest BCUT2D eigenvalue weighted by Gasteiger charge is -1.90. The molecule has 0 aliphatic carbocycles. The number of aliphatic hydroxyl groups is 4. The van der Waals surface area contributed by atoms with Crippen LogP contribution in [0.3, 0.4) is 0 Å². The molecule has 0 atom stereocenters. The van der Waals surface area contributed by atoms with E-state index in [1.165, 1.54) is 0 Å². The monoisotopic (exact) mass is 208 g/mol. The summed E-state index contributed by atoms with van der Waals surface area (Å²) in [5.74, 6) is -0.718. The average molecular weight is 208 g/mol. The van der Waals surface area contributed by atoms with Crippen molar-refractivity contribution in [3.8, 4) is 0 Å². The fourth-order valence-electron chi connectivity index (χ4n) is 0.374. The van der Waals surface area contributed by atoms with Crippen LogP contribution in [0.2, 0.25) is 0 Å².